The molecule has 31 heavy (non-hydrogen) atoms. The van der Waals surface area contributed by atoms with Gasteiger partial charge in [-0.05, 0) is 62.7 Å². The lowest BCUT2D eigenvalue weighted by molar-refractivity contribution is -0.137. The van der Waals surface area contributed by atoms with Crippen molar-refractivity contribution >= 4 is 5.97 Å². The number of carboxylic acids is 1. The molecule has 1 rings (SSSR count). The summed E-state index contributed by atoms with van der Waals surface area (Å²) in [6.07, 6.45) is 25.5. The molecule has 0 amide bonds. The fraction of sp³-hybridized carbons (Fsp3) is 0.857. The highest BCUT2D eigenvalue weighted by Gasteiger charge is 2.25. The van der Waals surface area contributed by atoms with Crippen molar-refractivity contribution in [3.8, 4) is 0 Å². The van der Waals surface area contributed by atoms with Crippen LogP contribution in [0.5, 0.6) is 0 Å². The van der Waals surface area contributed by atoms with E-state index in [1.165, 1.54) is 51.4 Å². The van der Waals surface area contributed by atoms with Gasteiger partial charge in [0.15, 0.2) is 0 Å². The van der Waals surface area contributed by atoms with Crippen LogP contribution < -0.4 is 0 Å². The second kappa shape index (κ2) is 19.8. The molecule has 2 atom stereocenters. The van der Waals surface area contributed by atoms with E-state index in [4.69, 9.17) is 5.11 Å². The van der Waals surface area contributed by atoms with Crippen LogP contribution in [0.1, 0.15) is 137 Å². The van der Waals surface area contributed by atoms with Gasteiger partial charge in [0.2, 0.25) is 0 Å². The van der Waals surface area contributed by atoms with Gasteiger partial charge < -0.3 is 10.2 Å². The number of aliphatic hydroxyl groups excluding tert-OH is 1. The number of hydrogen-bond acceptors (Lipinski definition) is 2. The molecule has 0 aromatic carbocycles. The smallest absolute Gasteiger partial charge is 0.303 e. The van der Waals surface area contributed by atoms with Gasteiger partial charge in [-0.25, -0.2) is 0 Å². The molecule has 1 radical (unpaired) electrons. The molecule has 0 aromatic rings. The summed E-state index contributed by atoms with van der Waals surface area (Å²) >= 11 is 0. The van der Waals surface area contributed by atoms with Crippen LogP contribution in [0, 0.1) is 17.8 Å². The average molecular weight is 438 g/mol. The third-order valence-corrected chi connectivity index (χ3v) is 6.26. The minimum absolute atomic E-state index is 0.172. The summed E-state index contributed by atoms with van der Waals surface area (Å²) in [5.74, 6) is 0.187. The summed E-state index contributed by atoms with van der Waals surface area (Å²) in [6.45, 7) is 9.24. The van der Waals surface area contributed by atoms with Crippen LogP contribution in [-0.2, 0) is 4.79 Å². The molecular weight excluding hydrogens is 384 g/mol. The molecule has 2 N–H and O–H groups in total. The molecule has 0 bridgehead atoms. The fourth-order valence-electron chi connectivity index (χ4n) is 4.10. The summed E-state index contributed by atoms with van der Waals surface area (Å²) in [5, 5.41) is 18.3. The first-order chi connectivity index (χ1) is 14.8. The summed E-state index contributed by atoms with van der Waals surface area (Å²) in [6, 6.07) is 0. The van der Waals surface area contributed by atoms with Gasteiger partial charge in [0.05, 0.1) is 6.10 Å². The molecule has 1 aliphatic carbocycles. The van der Waals surface area contributed by atoms with Gasteiger partial charge in [-0.3, -0.25) is 4.79 Å². The van der Waals surface area contributed by atoms with Crippen LogP contribution in [-0.4, -0.2) is 22.3 Å². The Balaban J connectivity index is 0.000000743. The minimum atomic E-state index is -0.689. The number of unbranched alkanes of at least 4 members (excludes halogenated alkanes) is 8. The number of carboxylic acid groups (broad SMARTS) is 1. The van der Waals surface area contributed by atoms with Gasteiger partial charge in [-0.15, -0.1) is 0 Å². The van der Waals surface area contributed by atoms with E-state index < -0.39 is 5.97 Å². The maximum absolute atomic E-state index is 10.3. The van der Waals surface area contributed by atoms with E-state index in [-0.39, 0.29) is 6.10 Å². The highest BCUT2D eigenvalue weighted by Crippen LogP contribution is 2.36. The minimum Gasteiger partial charge on any atom is -0.481 e. The zero-order chi connectivity index (χ0) is 23.4. The van der Waals surface area contributed by atoms with E-state index in [1.54, 1.807) is 0 Å². The lowest BCUT2D eigenvalue weighted by atomic mass is 9.72. The molecule has 1 fully saturated rings. The van der Waals surface area contributed by atoms with Crippen molar-refractivity contribution in [3.63, 3.8) is 0 Å². The topological polar surface area (TPSA) is 57.5 Å². The van der Waals surface area contributed by atoms with E-state index >= 15 is 0 Å². The molecule has 3 heteroatoms. The van der Waals surface area contributed by atoms with Crippen LogP contribution in [0.3, 0.4) is 0 Å². The van der Waals surface area contributed by atoms with E-state index in [2.05, 4.69) is 46.3 Å². The Bertz CT molecular complexity index is 430. The van der Waals surface area contributed by atoms with E-state index in [0.29, 0.717) is 11.8 Å². The maximum Gasteiger partial charge on any atom is 0.303 e. The Morgan fingerprint density at radius 3 is 2.26 bits per heavy atom. The van der Waals surface area contributed by atoms with Gasteiger partial charge in [-0.1, -0.05) is 97.6 Å². The highest BCUT2D eigenvalue weighted by atomic mass is 16.4. The van der Waals surface area contributed by atoms with E-state index in [0.717, 1.165) is 57.3 Å². The fourth-order valence-corrected chi connectivity index (χ4v) is 4.10. The predicted molar refractivity (Wildman–Crippen MR) is 134 cm³/mol. The number of rotatable bonds is 15. The number of allylic oxidation sites excluding steroid dienone is 1. The van der Waals surface area contributed by atoms with Crippen molar-refractivity contribution in [1.29, 1.82) is 0 Å². The molecule has 0 aliphatic heterocycles. The Morgan fingerprint density at radius 1 is 1.00 bits per heavy atom. The van der Waals surface area contributed by atoms with Gasteiger partial charge >= 0.3 is 5.97 Å². The molecule has 0 heterocycles. The second-order valence-corrected chi connectivity index (χ2v) is 10.4. The lowest BCUT2D eigenvalue weighted by Gasteiger charge is -2.33. The molecule has 1 saturated carbocycles. The van der Waals surface area contributed by atoms with Gasteiger partial charge in [-0.2, -0.15) is 0 Å². The third-order valence-electron chi connectivity index (χ3n) is 6.26. The molecule has 0 spiro atoms. The Kier molecular flexibility index (Phi) is 19.3. The lowest BCUT2D eigenvalue weighted by Crippen LogP contribution is -2.23. The first kappa shape index (κ1) is 30.2. The predicted octanol–water partition coefficient (Wildman–Crippen LogP) is 8.51. The van der Waals surface area contributed by atoms with Crippen LogP contribution in [0.2, 0.25) is 0 Å². The second-order valence-electron chi connectivity index (χ2n) is 10.4. The van der Waals surface area contributed by atoms with E-state index in [9.17, 15) is 9.90 Å². The van der Waals surface area contributed by atoms with Gasteiger partial charge in [0, 0.05) is 6.42 Å². The first-order valence-electron chi connectivity index (χ1n) is 13.2. The van der Waals surface area contributed by atoms with Crippen LogP contribution in [0.15, 0.2) is 12.2 Å². The number of aliphatic hydroxyl groups is 1. The molecule has 1 unspecified atom stereocenters. The first-order valence-corrected chi connectivity index (χ1v) is 13.2. The molecule has 1 aliphatic rings. The number of hydrogen-bond donors (Lipinski definition) is 2. The van der Waals surface area contributed by atoms with Gasteiger partial charge in [0.1, 0.15) is 0 Å². The highest BCUT2D eigenvalue weighted by molar-refractivity contribution is 5.66. The summed E-state index contributed by atoms with van der Waals surface area (Å²) < 4.78 is 0. The molecule has 0 aromatic heterocycles. The molecule has 3 nitrogen and oxygen atoms in total. The van der Waals surface area contributed by atoms with Crippen molar-refractivity contribution in [3.05, 3.63) is 18.6 Å². The third kappa shape index (κ3) is 20.8. The summed E-state index contributed by atoms with van der Waals surface area (Å²) in [7, 11) is 0. The molecular formula is C28H53O3. The van der Waals surface area contributed by atoms with Crippen molar-refractivity contribution in [1.82, 2.24) is 0 Å². The van der Waals surface area contributed by atoms with Crippen LogP contribution in [0.4, 0.5) is 0 Å². The van der Waals surface area contributed by atoms with Crippen molar-refractivity contribution in [2.24, 2.45) is 11.3 Å². The van der Waals surface area contributed by atoms with Crippen molar-refractivity contribution in [2.45, 2.75) is 143 Å². The molecule has 0 saturated heterocycles. The zero-order valence-corrected chi connectivity index (χ0v) is 21.2. The quantitative estimate of drug-likeness (QED) is 0.199. The Labute approximate surface area is 194 Å². The molecule has 183 valence electrons. The average Bonchev–Trinajstić information content (AvgIpc) is 2.73. The van der Waals surface area contributed by atoms with E-state index in [1.807, 2.05) is 0 Å². The Morgan fingerprint density at radius 2 is 1.68 bits per heavy atom. The maximum atomic E-state index is 10.3. The van der Waals surface area contributed by atoms with Crippen molar-refractivity contribution < 1.29 is 15.0 Å². The number of aliphatic carboxylic acids is 1. The monoisotopic (exact) mass is 437 g/mol. The van der Waals surface area contributed by atoms with Gasteiger partial charge in [0.25, 0.3) is 0 Å². The Hall–Kier alpha value is -0.830. The summed E-state index contributed by atoms with van der Waals surface area (Å²) in [4.78, 5) is 10.3. The zero-order valence-electron chi connectivity index (χ0n) is 21.2. The van der Waals surface area contributed by atoms with Crippen LogP contribution in [0.25, 0.3) is 0 Å². The largest absolute Gasteiger partial charge is 0.481 e. The van der Waals surface area contributed by atoms with Crippen molar-refractivity contribution in [2.75, 3.05) is 0 Å². The normalized spacial score (nSPS) is 16.2. The SMILES string of the molecule is CC(C)(C)C1[CH]CCCC1.CCCCCC[C@@H](O)C/C=C\CCCCCCCC(=O)O. The van der Waals surface area contributed by atoms with Crippen LogP contribution >= 0.6 is 0 Å². The standard InChI is InChI=1S/C18H34O3.C10H19/c1-2-3-4-11-14-17(19)15-12-9-7-5-6-8-10-13-16-18(20)21;1-10(2,3)9-7-5-4-6-8-9/h9,12,17,19H,2-8,10-11,13-16H2,1H3,(H,20,21);7,9H,4-6,8H2,1-3H3/b12-9-;/t17-;/m1./s1. The summed E-state index contributed by atoms with van der Waals surface area (Å²) in [5.41, 5.74) is 0.514. The number of carbonyl (C=O) groups is 1.